The molecule has 184 valence electrons. The maximum atomic E-state index is 13.5. The smallest absolute Gasteiger partial charge is 0.248 e. The highest BCUT2D eigenvalue weighted by molar-refractivity contribution is 6.31. The van der Waals surface area contributed by atoms with Crippen molar-refractivity contribution in [3.63, 3.8) is 0 Å². The largest absolute Gasteiger partial charge is 0.461 e. The highest BCUT2D eigenvalue weighted by atomic mass is 35.5. The van der Waals surface area contributed by atoms with Gasteiger partial charge in [-0.2, -0.15) is 0 Å². The number of nitrogens with zero attached hydrogens (tertiary/aromatic N) is 3. The van der Waals surface area contributed by atoms with Crippen molar-refractivity contribution in [3.05, 3.63) is 59.7 Å². The number of hydrogen-bond acceptors (Lipinski definition) is 6. The first-order valence-corrected chi connectivity index (χ1v) is 11.8. The van der Waals surface area contributed by atoms with Crippen LogP contribution >= 0.6 is 11.6 Å². The van der Waals surface area contributed by atoms with E-state index in [0.717, 1.165) is 26.1 Å². The molecular weight excluding hydrogens is 476 g/mol. The molecule has 0 aliphatic carbocycles. The molecule has 10 heteroatoms. The second-order valence-corrected chi connectivity index (χ2v) is 8.58. The topological polar surface area (TPSA) is 79.4 Å². The molecule has 0 spiro atoms. The van der Waals surface area contributed by atoms with Crippen molar-refractivity contribution in [1.82, 2.24) is 14.9 Å². The minimum absolute atomic E-state index is 0.0352. The van der Waals surface area contributed by atoms with Gasteiger partial charge in [0.2, 0.25) is 12.8 Å². The molecule has 0 unspecified atom stereocenters. The van der Waals surface area contributed by atoms with Crippen molar-refractivity contribution in [1.29, 1.82) is 0 Å². The molecule has 1 aliphatic heterocycles. The van der Waals surface area contributed by atoms with Crippen LogP contribution in [0, 0.1) is 5.82 Å². The second kappa shape index (κ2) is 11.9. The number of nitrogens with one attached hydrogen (secondary N) is 2. The molecule has 7 nitrogen and oxygen atoms in total. The van der Waals surface area contributed by atoms with E-state index < -0.39 is 12.7 Å². The maximum Gasteiger partial charge on any atom is 0.248 e. The van der Waals surface area contributed by atoms with E-state index in [9.17, 15) is 13.6 Å². The second-order valence-electron chi connectivity index (χ2n) is 8.18. The fourth-order valence-electron chi connectivity index (χ4n) is 3.97. The number of benzene rings is 2. The van der Waals surface area contributed by atoms with Crippen molar-refractivity contribution in [2.24, 2.45) is 0 Å². The van der Waals surface area contributed by atoms with Crippen LogP contribution in [0.2, 0.25) is 5.02 Å². The first-order chi connectivity index (χ1) is 17.0. The average Bonchev–Trinajstić information content (AvgIpc) is 2.86. The zero-order chi connectivity index (χ0) is 24.6. The molecule has 2 aromatic carbocycles. The van der Waals surface area contributed by atoms with Crippen molar-refractivity contribution >= 4 is 45.6 Å². The molecule has 1 aromatic heterocycles. The van der Waals surface area contributed by atoms with Gasteiger partial charge in [0.05, 0.1) is 16.2 Å². The summed E-state index contributed by atoms with van der Waals surface area (Å²) in [7, 11) is 0. The van der Waals surface area contributed by atoms with Gasteiger partial charge in [-0.3, -0.25) is 4.79 Å². The van der Waals surface area contributed by atoms with Crippen LogP contribution in [0.5, 0.6) is 5.75 Å². The fourth-order valence-corrected chi connectivity index (χ4v) is 4.16. The average molecular weight is 502 g/mol. The number of piperidine rings is 1. The lowest BCUT2D eigenvalue weighted by atomic mass is 10.1. The molecule has 35 heavy (non-hydrogen) atoms. The Hall–Kier alpha value is -3.30. The molecule has 0 atom stereocenters. The fraction of sp³-hybridized carbons (Fsp3) is 0.320. The molecule has 2 heterocycles. The van der Waals surface area contributed by atoms with Gasteiger partial charge in [0.1, 0.15) is 23.7 Å². The van der Waals surface area contributed by atoms with E-state index in [0.29, 0.717) is 22.4 Å². The van der Waals surface area contributed by atoms with E-state index in [-0.39, 0.29) is 22.4 Å². The Bertz CT molecular complexity index is 1220. The van der Waals surface area contributed by atoms with E-state index in [1.807, 2.05) is 6.08 Å². The summed E-state index contributed by atoms with van der Waals surface area (Å²) in [6.45, 7) is 2.05. The lowest BCUT2D eigenvalue weighted by Crippen LogP contribution is -2.30. The quantitative estimate of drug-likeness (QED) is 0.358. The summed E-state index contributed by atoms with van der Waals surface area (Å²) in [4.78, 5) is 23.4. The highest BCUT2D eigenvalue weighted by Crippen LogP contribution is 2.34. The number of anilines is 3. The Kier molecular flexibility index (Phi) is 8.44. The molecule has 0 saturated carbocycles. The van der Waals surface area contributed by atoms with Crippen molar-refractivity contribution in [3.8, 4) is 5.75 Å². The van der Waals surface area contributed by atoms with Gasteiger partial charge < -0.3 is 20.3 Å². The highest BCUT2D eigenvalue weighted by Gasteiger charge is 2.14. The Morgan fingerprint density at radius 3 is 2.77 bits per heavy atom. The number of hydrogen-bond donors (Lipinski definition) is 2. The summed E-state index contributed by atoms with van der Waals surface area (Å²) >= 11 is 5.88. The standard InChI is InChI=1S/C25H26ClF2N5O2/c26-19-12-17(7-8-20(19)28)31-25-18-13-22(23(35-15-27)14-21(18)29-16-30-25)32-24(34)6-2-5-11-33-9-3-1-4-10-33/h2,6-8,12-14,16H,1,3-5,9-11,15H2,(H,32,34)(H,29,30,31)/b6-2+. The van der Waals surface area contributed by atoms with Crippen LogP contribution in [0.25, 0.3) is 10.9 Å². The maximum absolute atomic E-state index is 13.5. The summed E-state index contributed by atoms with van der Waals surface area (Å²) in [6.07, 6.45) is 9.11. The monoisotopic (exact) mass is 501 g/mol. The van der Waals surface area contributed by atoms with Gasteiger partial charge in [-0.25, -0.2) is 18.7 Å². The number of ether oxygens (including phenoxy) is 1. The summed E-state index contributed by atoms with van der Waals surface area (Å²) in [5.74, 6) is -0.350. The summed E-state index contributed by atoms with van der Waals surface area (Å²) in [6, 6.07) is 7.32. The van der Waals surface area contributed by atoms with Crippen LogP contribution in [-0.2, 0) is 4.79 Å². The van der Waals surface area contributed by atoms with Crippen LogP contribution < -0.4 is 15.4 Å². The van der Waals surface area contributed by atoms with E-state index in [2.05, 4.69) is 25.5 Å². The first kappa shape index (κ1) is 24.8. The number of fused-ring (bicyclic) bond motifs is 1. The molecule has 2 N–H and O–H groups in total. The van der Waals surface area contributed by atoms with Crippen LogP contribution in [-0.4, -0.2) is 47.3 Å². The number of alkyl halides is 1. The number of amides is 1. The third-order valence-electron chi connectivity index (χ3n) is 5.72. The van der Waals surface area contributed by atoms with Gasteiger partial charge in [0, 0.05) is 23.7 Å². The third-order valence-corrected chi connectivity index (χ3v) is 6.01. The minimum atomic E-state index is -1.07. The van der Waals surface area contributed by atoms with E-state index in [4.69, 9.17) is 16.3 Å². The third kappa shape index (κ3) is 6.64. The summed E-state index contributed by atoms with van der Waals surface area (Å²) in [5, 5.41) is 6.33. The van der Waals surface area contributed by atoms with Gasteiger partial charge in [-0.1, -0.05) is 24.1 Å². The first-order valence-electron chi connectivity index (χ1n) is 11.4. The van der Waals surface area contributed by atoms with Gasteiger partial charge in [0.15, 0.2) is 0 Å². The zero-order valence-corrected chi connectivity index (χ0v) is 19.8. The van der Waals surface area contributed by atoms with Crippen LogP contribution in [0.15, 0.2) is 48.8 Å². The van der Waals surface area contributed by atoms with E-state index >= 15 is 0 Å². The van der Waals surface area contributed by atoms with Gasteiger partial charge >= 0.3 is 0 Å². The lowest BCUT2D eigenvalue weighted by Gasteiger charge is -2.25. The Morgan fingerprint density at radius 1 is 1.17 bits per heavy atom. The number of carbonyl (C=O) groups is 1. The number of aromatic nitrogens is 2. The molecular formula is C25H26ClF2N5O2. The SMILES string of the molecule is O=C(/C=C/CCN1CCCCC1)Nc1cc2c(Nc3ccc(F)c(Cl)c3)ncnc2cc1OCF. The molecule has 1 aliphatic rings. The van der Waals surface area contributed by atoms with Gasteiger partial charge in [0.25, 0.3) is 0 Å². The van der Waals surface area contributed by atoms with E-state index in [1.54, 1.807) is 6.07 Å². The lowest BCUT2D eigenvalue weighted by molar-refractivity contribution is -0.111. The van der Waals surface area contributed by atoms with Gasteiger partial charge in [-0.15, -0.1) is 0 Å². The molecule has 0 bridgehead atoms. The predicted octanol–water partition coefficient (Wildman–Crippen LogP) is 5.84. The minimum Gasteiger partial charge on any atom is -0.461 e. The van der Waals surface area contributed by atoms with Crippen molar-refractivity contribution in [2.45, 2.75) is 25.7 Å². The molecule has 0 radical (unpaired) electrons. The van der Waals surface area contributed by atoms with Crippen LogP contribution in [0.1, 0.15) is 25.7 Å². The number of carbonyl (C=O) groups excluding carboxylic acids is 1. The van der Waals surface area contributed by atoms with Crippen molar-refractivity contribution < 1.29 is 18.3 Å². The Morgan fingerprint density at radius 2 is 2.00 bits per heavy atom. The summed E-state index contributed by atoms with van der Waals surface area (Å²) in [5.41, 5.74) is 1.26. The van der Waals surface area contributed by atoms with E-state index in [1.165, 1.54) is 55.9 Å². The summed E-state index contributed by atoms with van der Waals surface area (Å²) < 4.78 is 31.6. The van der Waals surface area contributed by atoms with Crippen LogP contribution in [0.4, 0.5) is 26.0 Å². The molecule has 1 amide bonds. The number of rotatable bonds is 9. The molecule has 1 saturated heterocycles. The van der Waals surface area contributed by atoms with Crippen molar-refractivity contribution in [2.75, 3.05) is 37.1 Å². The normalized spacial score (nSPS) is 14.4. The molecule has 3 aromatic rings. The number of likely N-dealkylation sites (tertiary alicyclic amines) is 1. The number of halogens is 3. The molecule has 1 fully saturated rings. The molecule has 4 rings (SSSR count). The predicted molar refractivity (Wildman–Crippen MR) is 134 cm³/mol. The Balaban J connectivity index is 1.52. The van der Waals surface area contributed by atoms with Gasteiger partial charge in [-0.05, 0) is 62.7 Å². The van der Waals surface area contributed by atoms with Crippen LogP contribution in [0.3, 0.4) is 0 Å². The Labute approximate surface area is 207 Å². The zero-order valence-electron chi connectivity index (χ0n) is 19.1.